The van der Waals surface area contributed by atoms with E-state index in [1.165, 1.54) is 37.7 Å². The molecule has 1 fully saturated rings. The van der Waals surface area contributed by atoms with Gasteiger partial charge in [0, 0.05) is 12.4 Å². The van der Waals surface area contributed by atoms with Gasteiger partial charge in [0.25, 0.3) is 0 Å². The minimum absolute atomic E-state index is 0.871. The second kappa shape index (κ2) is 5.42. The van der Waals surface area contributed by atoms with Gasteiger partial charge in [-0.15, -0.1) is 0 Å². The van der Waals surface area contributed by atoms with E-state index in [0.717, 1.165) is 24.1 Å². The van der Waals surface area contributed by atoms with E-state index in [0.29, 0.717) is 0 Å². The average molecular weight is 218 g/mol. The summed E-state index contributed by atoms with van der Waals surface area (Å²) in [6.07, 6.45) is 12.1. The molecule has 2 rings (SSSR count). The SMILES string of the molecule is Cc1ncc(CCC2CCC(C)CC2)cn1. The number of nitrogens with zero attached hydrogens (tertiary/aromatic N) is 2. The van der Waals surface area contributed by atoms with E-state index in [1.807, 2.05) is 19.3 Å². The quantitative estimate of drug-likeness (QED) is 0.775. The molecule has 0 radical (unpaired) electrons. The molecule has 88 valence electrons. The number of aryl methyl sites for hydroxylation is 2. The van der Waals surface area contributed by atoms with E-state index in [2.05, 4.69) is 16.9 Å². The Labute approximate surface area is 98.5 Å². The Morgan fingerprint density at radius 3 is 2.38 bits per heavy atom. The zero-order valence-electron chi connectivity index (χ0n) is 10.4. The molecule has 0 aromatic carbocycles. The van der Waals surface area contributed by atoms with Crippen molar-refractivity contribution in [2.45, 2.75) is 52.4 Å². The van der Waals surface area contributed by atoms with Crippen LogP contribution in [0, 0.1) is 18.8 Å². The van der Waals surface area contributed by atoms with E-state index >= 15 is 0 Å². The Kier molecular flexibility index (Phi) is 3.92. The zero-order valence-corrected chi connectivity index (χ0v) is 10.4. The summed E-state index contributed by atoms with van der Waals surface area (Å²) in [4.78, 5) is 8.49. The first kappa shape index (κ1) is 11.6. The second-order valence-electron chi connectivity index (χ2n) is 5.30. The summed E-state index contributed by atoms with van der Waals surface area (Å²) in [5.41, 5.74) is 1.30. The van der Waals surface area contributed by atoms with Gasteiger partial charge in [-0.2, -0.15) is 0 Å². The molecule has 16 heavy (non-hydrogen) atoms. The van der Waals surface area contributed by atoms with Crippen molar-refractivity contribution in [1.29, 1.82) is 0 Å². The van der Waals surface area contributed by atoms with Crippen LogP contribution in [0.15, 0.2) is 12.4 Å². The fourth-order valence-electron chi connectivity index (χ4n) is 2.54. The first-order chi connectivity index (χ1) is 7.74. The third-order valence-corrected chi connectivity index (χ3v) is 3.81. The molecule has 0 saturated heterocycles. The normalized spacial score (nSPS) is 25.6. The maximum absolute atomic E-state index is 4.24. The Balaban J connectivity index is 1.77. The van der Waals surface area contributed by atoms with Crippen molar-refractivity contribution in [2.24, 2.45) is 11.8 Å². The van der Waals surface area contributed by atoms with Gasteiger partial charge in [-0.1, -0.05) is 32.6 Å². The summed E-state index contributed by atoms with van der Waals surface area (Å²) in [5.74, 6) is 2.77. The lowest BCUT2D eigenvalue weighted by atomic mass is 9.80. The monoisotopic (exact) mass is 218 g/mol. The molecule has 0 amide bonds. The molecule has 0 spiro atoms. The van der Waals surface area contributed by atoms with Gasteiger partial charge in [0.1, 0.15) is 5.82 Å². The molecule has 1 aromatic heterocycles. The maximum Gasteiger partial charge on any atom is 0.125 e. The van der Waals surface area contributed by atoms with Crippen LogP contribution in [0.25, 0.3) is 0 Å². The lowest BCUT2D eigenvalue weighted by Crippen LogP contribution is -2.13. The van der Waals surface area contributed by atoms with Gasteiger partial charge in [0.15, 0.2) is 0 Å². The summed E-state index contributed by atoms with van der Waals surface area (Å²) in [7, 11) is 0. The highest BCUT2D eigenvalue weighted by Gasteiger charge is 2.17. The molecule has 1 aliphatic carbocycles. The number of hydrogen-bond donors (Lipinski definition) is 0. The van der Waals surface area contributed by atoms with Crippen LogP contribution >= 0.6 is 0 Å². The number of aromatic nitrogens is 2. The van der Waals surface area contributed by atoms with Crippen molar-refractivity contribution in [2.75, 3.05) is 0 Å². The van der Waals surface area contributed by atoms with Crippen LogP contribution in [0.2, 0.25) is 0 Å². The molecule has 0 N–H and O–H groups in total. The molecule has 1 saturated carbocycles. The van der Waals surface area contributed by atoms with Crippen LogP contribution in [0.5, 0.6) is 0 Å². The first-order valence-corrected chi connectivity index (χ1v) is 6.51. The molecular weight excluding hydrogens is 196 g/mol. The summed E-state index contributed by atoms with van der Waals surface area (Å²) in [6.45, 7) is 4.32. The van der Waals surface area contributed by atoms with Crippen LogP contribution in [0.4, 0.5) is 0 Å². The van der Waals surface area contributed by atoms with Gasteiger partial charge in [-0.25, -0.2) is 9.97 Å². The van der Waals surface area contributed by atoms with Crippen LogP contribution < -0.4 is 0 Å². The van der Waals surface area contributed by atoms with E-state index in [9.17, 15) is 0 Å². The predicted molar refractivity (Wildman–Crippen MR) is 66.2 cm³/mol. The summed E-state index contributed by atoms with van der Waals surface area (Å²) < 4.78 is 0. The van der Waals surface area contributed by atoms with Gasteiger partial charge >= 0.3 is 0 Å². The highest BCUT2D eigenvalue weighted by atomic mass is 14.8. The number of hydrogen-bond acceptors (Lipinski definition) is 2. The Bertz CT molecular complexity index is 310. The Morgan fingerprint density at radius 2 is 1.75 bits per heavy atom. The van der Waals surface area contributed by atoms with Crippen molar-refractivity contribution >= 4 is 0 Å². The maximum atomic E-state index is 4.24. The molecule has 2 heteroatoms. The lowest BCUT2D eigenvalue weighted by molar-refractivity contribution is 0.277. The molecule has 2 nitrogen and oxygen atoms in total. The van der Waals surface area contributed by atoms with Crippen LogP contribution in [0.3, 0.4) is 0 Å². The Hall–Kier alpha value is -0.920. The fraction of sp³-hybridized carbons (Fsp3) is 0.714. The third-order valence-electron chi connectivity index (χ3n) is 3.81. The fourth-order valence-corrected chi connectivity index (χ4v) is 2.54. The second-order valence-corrected chi connectivity index (χ2v) is 5.30. The third kappa shape index (κ3) is 3.29. The summed E-state index contributed by atoms with van der Waals surface area (Å²) in [6, 6.07) is 0. The smallest absolute Gasteiger partial charge is 0.125 e. The van der Waals surface area contributed by atoms with Gasteiger partial charge in [0.2, 0.25) is 0 Å². The van der Waals surface area contributed by atoms with Gasteiger partial charge < -0.3 is 0 Å². The van der Waals surface area contributed by atoms with E-state index in [-0.39, 0.29) is 0 Å². The number of rotatable bonds is 3. The molecule has 0 bridgehead atoms. The molecule has 1 heterocycles. The van der Waals surface area contributed by atoms with Crippen LogP contribution in [-0.2, 0) is 6.42 Å². The van der Waals surface area contributed by atoms with Crippen molar-refractivity contribution in [3.63, 3.8) is 0 Å². The van der Waals surface area contributed by atoms with Crippen molar-refractivity contribution in [3.8, 4) is 0 Å². The highest BCUT2D eigenvalue weighted by Crippen LogP contribution is 2.30. The largest absolute Gasteiger partial charge is 0.241 e. The van der Waals surface area contributed by atoms with E-state index < -0.39 is 0 Å². The van der Waals surface area contributed by atoms with Gasteiger partial charge in [-0.05, 0) is 37.2 Å². The highest BCUT2D eigenvalue weighted by molar-refractivity contribution is 5.04. The standard InChI is InChI=1S/C14H22N2/c1-11-3-5-13(6-4-11)7-8-14-9-15-12(2)16-10-14/h9-11,13H,3-8H2,1-2H3. The molecule has 0 unspecified atom stereocenters. The van der Waals surface area contributed by atoms with Crippen molar-refractivity contribution in [3.05, 3.63) is 23.8 Å². The molecular formula is C14H22N2. The molecule has 1 aliphatic rings. The minimum atomic E-state index is 0.871. The minimum Gasteiger partial charge on any atom is -0.241 e. The first-order valence-electron chi connectivity index (χ1n) is 6.51. The summed E-state index contributed by atoms with van der Waals surface area (Å²) in [5, 5.41) is 0. The zero-order chi connectivity index (χ0) is 11.4. The van der Waals surface area contributed by atoms with E-state index in [1.54, 1.807) is 0 Å². The van der Waals surface area contributed by atoms with Crippen molar-refractivity contribution in [1.82, 2.24) is 9.97 Å². The van der Waals surface area contributed by atoms with E-state index in [4.69, 9.17) is 0 Å². The van der Waals surface area contributed by atoms with Crippen LogP contribution in [-0.4, -0.2) is 9.97 Å². The Morgan fingerprint density at radius 1 is 1.12 bits per heavy atom. The van der Waals surface area contributed by atoms with Crippen LogP contribution in [0.1, 0.15) is 50.4 Å². The average Bonchev–Trinajstić information content (AvgIpc) is 2.30. The summed E-state index contributed by atoms with van der Waals surface area (Å²) >= 11 is 0. The van der Waals surface area contributed by atoms with Gasteiger partial charge in [0.05, 0.1) is 0 Å². The topological polar surface area (TPSA) is 25.8 Å². The predicted octanol–water partition coefficient (Wildman–Crippen LogP) is 3.54. The lowest BCUT2D eigenvalue weighted by Gasteiger charge is -2.25. The van der Waals surface area contributed by atoms with Gasteiger partial charge in [-0.3, -0.25) is 0 Å². The molecule has 0 aliphatic heterocycles. The molecule has 0 atom stereocenters. The molecule has 1 aromatic rings. The van der Waals surface area contributed by atoms with Crippen molar-refractivity contribution < 1.29 is 0 Å².